The van der Waals surface area contributed by atoms with Gasteiger partial charge in [0, 0.05) is 5.02 Å². The zero-order valence-corrected chi connectivity index (χ0v) is 7.10. The molecule has 0 N–H and O–H groups in total. The Bertz CT molecular complexity index is 239. The summed E-state index contributed by atoms with van der Waals surface area (Å²) in [5.74, 6) is -0.382. The number of rotatable bonds is 1. The Morgan fingerprint density at radius 2 is 2.10 bits per heavy atom. The van der Waals surface area contributed by atoms with E-state index in [9.17, 15) is 4.39 Å². The van der Waals surface area contributed by atoms with Crippen LogP contribution in [-0.4, -0.2) is 0 Å². The Morgan fingerprint density at radius 3 is 2.60 bits per heavy atom. The predicted octanol–water partition coefficient (Wildman–Crippen LogP) is 3.73. The van der Waals surface area contributed by atoms with E-state index in [1.807, 2.05) is 0 Å². The third kappa shape index (κ3) is 1.78. The molecule has 0 saturated heterocycles. The minimum Gasteiger partial charge on any atom is -0.206 e. The third-order valence-corrected chi connectivity index (χ3v) is 2.21. The molecule has 0 nitrogen and oxygen atoms in total. The lowest BCUT2D eigenvalue weighted by molar-refractivity contribution is 0.602. The Kier molecular flexibility index (Phi) is 2.83. The Labute approximate surface area is 71.8 Å². The van der Waals surface area contributed by atoms with Gasteiger partial charge in [0.25, 0.3) is 0 Å². The van der Waals surface area contributed by atoms with E-state index in [0.717, 1.165) is 11.0 Å². The van der Waals surface area contributed by atoms with Gasteiger partial charge in [0.15, 0.2) is 0 Å². The lowest BCUT2D eigenvalue weighted by atomic mass is 10.3. The molecule has 54 valence electrons. The van der Waals surface area contributed by atoms with E-state index in [4.69, 9.17) is 22.3 Å². The molecule has 0 spiro atoms. The predicted molar refractivity (Wildman–Crippen MR) is 43.1 cm³/mol. The second-order valence-electron chi connectivity index (χ2n) is 1.65. The smallest absolute Gasteiger partial charge is 0.139 e. The number of hydrogen-bond donors (Lipinski definition) is 0. The van der Waals surface area contributed by atoms with Gasteiger partial charge in [-0.25, -0.2) is 4.39 Å². The van der Waals surface area contributed by atoms with E-state index in [1.54, 1.807) is 6.07 Å². The highest BCUT2D eigenvalue weighted by Gasteiger charge is 2.00. The largest absolute Gasteiger partial charge is 0.206 e. The van der Waals surface area contributed by atoms with Crippen LogP contribution in [-0.2, 0) is 0 Å². The molecule has 1 aromatic rings. The molecule has 0 bridgehead atoms. The maximum Gasteiger partial charge on any atom is 0.139 e. The summed E-state index contributed by atoms with van der Waals surface area (Å²) in [6.45, 7) is 0. The fraction of sp³-hybridized carbons (Fsp3) is 0. The minimum absolute atomic E-state index is 0.381. The van der Waals surface area contributed by atoms with Crippen LogP contribution in [0.1, 0.15) is 0 Å². The summed E-state index contributed by atoms with van der Waals surface area (Å²) >= 11 is 5.48. The number of halogens is 3. The van der Waals surface area contributed by atoms with Crippen molar-refractivity contribution in [1.82, 2.24) is 0 Å². The minimum atomic E-state index is -0.382. The Morgan fingerprint density at radius 1 is 1.40 bits per heavy atom. The molecule has 1 rings (SSSR count). The molecule has 0 amide bonds. The quantitative estimate of drug-likeness (QED) is 0.660. The van der Waals surface area contributed by atoms with E-state index < -0.39 is 0 Å². The van der Waals surface area contributed by atoms with Gasteiger partial charge in [0.2, 0.25) is 0 Å². The molecule has 0 unspecified atom stereocenters. The molecule has 0 atom stereocenters. The topological polar surface area (TPSA) is 0 Å². The lowest BCUT2D eigenvalue weighted by Crippen LogP contribution is -1.76. The van der Waals surface area contributed by atoms with Gasteiger partial charge in [-0.15, -0.1) is 0 Å². The molecule has 0 aliphatic rings. The zero-order chi connectivity index (χ0) is 7.56. The van der Waals surface area contributed by atoms with E-state index in [-0.39, 0.29) is 5.82 Å². The van der Waals surface area contributed by atoms with Gasteiger partial charge in [-0.05, 0) is 39.9 Å². The summed E-state index contributed by atoms with van der Waals surface area (Å²) < 4.78 is 12.7. The van der Waals surface area contributed by atoms with Crippen molar-refractivity contribution in [2.75, 3.05) is 0 Å². The Hall–Kier alpha value is 0.0800. The van der Waals surface area contributed by atoms with Gasteiger partial charge in [0.1, 0.15) is 5.82 Å². The van der Waals surface area contributed by atoms with Crippen molar-refractivity contribution >= 4 is 33.3 Å². The number of hydrogen-bond acceptors (Lipinski definition) is 1. The molecule has 10 heavy (non-hydrogen) atoms. The standard InChI is InChI=1S/C6H3Cl2FS/c7-4-1-2-6(10-8)5(9)3-4/h1-3H. The fourth-order valence-electron chi connectivity index (χ4n) is 0.538. The molecule has 1 aromatic carbocycles. The van der Waals surface area contributed by atoms with E-state index in [1.165, 1.54) is 12.1 Å². The van der Waals surface area contributed by atoms with Crippen LogP contribution < -0.4 is 0 Å². The van der Waals surface area contributed by atoms with Crippen LogP contribution in [0.2, 0.25) is 5.02 Å². The fourth-order valence-corrected chi connectivity index (χ4v) is 1.32. The van der Waals surface area contributed by atoms with Gasteiger partial charge in [0.05, 0.1) is 4.90 Å². The van der Waals surface area contributed by atoms with E-state index >= 15 is 0 Å². The van der Waals surface area contributed by atoms with Crippen molar-refractivity contribution in [1.29, 1.82) is 0 Å². The average Bonchev–Trinajstić information content (AvgIpc) is 1.88. The van der Waals surface area contributed by atoms with Gasteiger partial charge in [-0.3, -0.25) is 0 Å². The van der Waals surface area contributed by atoms with Crippen molar-refractivity contribution in [3.63, 3.8) is 0 Å². The molecule has 0 aliphatic carbocycles. The molecule has 0 aromatic heterocycles. The summed E-state index contributed by atoms with van der Waals surface area (Å²) in [6.07, 6.45) is 0. The zero-order valence-electron chi connectivity index (χ0n) is 4.77. The van der Waals surface area contributed by atoms with Gasteiger partial charge in [-0.2, -0.15) is 0 Å². The monoisotopic (exact) mass is 196 g/mol. The lowest BCUT2D eigenvalue weighted by Gasteiger charge is -1.95. The summed E-state index contributed by atoms with van der Waals surface area (Å²) in [4.78, 5) is 0.395. The second-order valence-corrected chi connectivity index (χ2v) is 3.15. The highest BCUT2D eigenvalue weighted by Crippen LogP contribution is 2.26. The molecule has 0 saturated carbocycles. The molecule has 0 radical (unpaired) electrons. The maximum atomic E-state index is 12.7. The molecular weight excluding hydrogens is 194 g/mol. The average molecular weight is 197 g/mol. The summed E-state index contributed by atoms with van der Waals surface area (Å²) in [7, 11) is 6.16. The summed E-state index contributed by atoms with van der Waals surface area (Å²) in [6, 6.07) is 4.36. The first kappa shape index (κ1) is 8.18. The van der Waals surface area contributed by atoms with Crippen LogP contribution in [0.4, 0.5) is 4.39 Å². The second kappa shape index (κ2) is 3.46. The molecular formula is C6H3Cl2FS. The van der Waals surface area contributed by atoms with Crippen LogP contribution in [0.15, 0.2) is 23.1 Å². The van der Waals surface area contributed by atoms with E-state index in [0.29, 0.717) is 9.92 Å². The molecule has 0 aliphatic heterocycles. The van der Waals surface area contributed by atoms with Crippen LogP contribution in [0, 0.1) is 5.82 Å². The first-order valence-corrected chi connectivity index (χ1v) is 4.50. The van der Waals surface area contributed by atoms with Crippen molar-refractivity contribution in [2.45, 2.75) is 4.90 Å². The van der Waals surface area contributed by atoms with Crippen molar-refractivity contribution in [3.8, 4) is 0 Å². The number of benzene rings is 1. The van der Waals surface area contributed by atoms with Gasteiger partial charge >= 0.3 is 0 Å². The highest BCUT2D eigenvalue weighted by atomic mass is 35.7. The molecule has 4 heteroatoms. The van der Waals surface area contributed by atoms with Crippen LogP contribution >= 0.6 is 33.3 Å². The highest BCUT2D eigenvalue weighted by molar-refractivity contribution is 8.21. The van der Waals surface area contributed by atoms with E-state index in [2.05, 4.69) is 0 Å². The van der Waals surface area contributed by atoms with Gasteiger partial charge < -0.3 is 0 Å². The van der Waals surface area contributed by atoms with Crippen LogP contribution in [0.3, 0.4) is 0 Å². The summed E-state index contributed by atoms with van der Waals surface area (Å²) in [5.41, 5.74) is 0. The van der Waals surface area contributed by atoms with Crippen LogP contribution in [0.25, 0.3) is 0 Å². The summed E-state index contributed by atoms with van der Waals surface area (Å²) in [5, 5.41) is 0.381. The van der Waals surface area contributed by atoms with Crippen molar-refractivity contribution in [2.24, 2.45) is 0 Å². The van der Waals surface area contributed by atoms with Crippen molar-refractivity contribution < 1.29 is 4.39 Å². The van der Waals surface area contributed by atoms with Crippen molar-refractivity contribution in [3.05, 3.63) is 29.0 Å². The third-order valence-electron chi connectivity index (χ3n) is 0.977. The molecule has 0 fully saturated rings. The van der Waals surface area contributed by atoms with Crippen LogP contribution in [0.5, 0.6) is 0 Å². The normalized spacial score (nSPS) is 9.90. The Balaban J connectivity index is 3.07. The van der Waals surface area contributed by atoms with Gasteiger partial charge in [-0.1, -0.05) is 11.6 Å². The maximum absolute atomic E-state index is 12.7. The SMILES string of the molecule is Fc1cc(Cl)ccc1SCl. The first-order chi connectivity index (χ1) is 4.74. The molecule has 0 heterocycles. The first-order valence-electron chi connectivity index (χ1n) is 2.47.